The molecule has 0 spiro atoms. The molecular formula is C13H12ClN3O. The molecule has 5 heteroatoms. The Balaban J connectivity index is 2.03. The van der Waals surface area contributed by atoms with Gasteiger partial charge in [-0.05, 0) is 31.0 Å². The van der Waals surface area contributed by atoms with Crippen LogP contribution in [0.3, 0.4) is 0 Å². The molecule has 18 heavy (non-hydrogen) atoms. The number of aromatic nitrogens is 1. The summed E-state index contributed by atoms with van der Waals surface area (Å²) >= 11 is 6.03. The zero-order valence-electron chi connectivity index (χ0n) is 9.61. The summed E-state index contributed by atoms with van der Waals surface area (Å²) in [5, 5.41) is 4.27. The molecule has 1 aliphatic carbocycles. The van der Waals surface area contributed by atoms with E-state index in [9.17, 15) is 4.79 Å². The minimum absolute atomic E-state index is 0.170. The lowest BCUT2D eigenvalue weighted by atomic mass is 10.1. The Morgan fingerprint density at radius 2 is 2.22 bits per heavy atom. The lowest BCUT2D eigenvalue weighted by Gasteiger charge is -2.12. The Kier molecular flexibility index (Phi) is 2.50. The van der Waals surface area contributed by atoms with E-state index in [-0.39, 0.29) is 5.91 Å². The first kappa shape index (κ1) is 11.4. The summed E-state index contributed by atoms with van der Waals surface area (Å²) in [6.45, 7) is 0. The van der Waals surface area contributed by atoms with Gasteiger partial charge in [-0.3, -0.25) is 9.78 Å². The van der Waals surface area contributed by atoms with Crippen LogP contribution in [-0.2, 0) is 4.79 Å². The van der Waals surface area contributed by atoms with Gasteiger partial charge in [-0.1, -0.05) is 17.7 Å². The zero-order chi connectivity index (χ0) is 12.8. The molecule has 0 aliphatic heterocycles. The van der Waals surface area contributed by atoms with Crippen molar-refractivity contribution in [2.75, 3.05) is 5.32 Å². The van der Waals surface area contributed by atoms with Crippen LogP contribution in [0.25, 0.3) is 10.9 Å². The van der Waals surface area contributed by atoms with Gasteiger partial charge < -0.3 is 11.1 Å². The predicted molar refractivity (Wildman–Crippen MR) is 71.5 cm³/mol. The number of benzene rings is 1. The Bertz CT molecular complexity index is 637. The molecule has 2 aromatic rings. The minimum Gasteiger partial charge on any atom is -0.323 e. The molecule has 0 atom stereocenters. The first-order valence-electron chi connectivity index (χ1n) is 5.73. The lowest BCUT2D eigenvalue weighted by molar-refractivity contribution is -0.118. The molecule has 1 aliphatic rings. The first-order chi connectivity index (χ1) is 8.58. The molecule has 0 saturated heterocycles. The average molecular weight is 262 g/mol. The SMILES string of the molecule is NC1(C(=O)Nc2cc(Cl)cc3cccnc23)CC1. The standard InChI is InChI=1S/C13H12ClN3O/c14-9-6-8-2-1-5-16-11(8)10(7-9)17-12(18)13(15)3-4-13/h1-2,5-7H,3-4,15H2,(H,17,18). The van der Waals surface area contributed by atoms with Gasteiger partial charge in [0.15, 0.2) is 0 Å². The zero-order valence-corrected chi connectivity index (χ0v) is 10.4. The molecule has 1 fully saturated rings. The molecule has 92 valence electrons. The van der Waals surface area contributed by atoms with Crippen LogP contribution in [0.2, 0.25) is 5.02 Å². The van der Waals surface area contributed by atoms with Crippen LogP contribution in [0.15, 0.2) is 30.5 Å². The fourth-order valence-corrected chi connectivity index (χ4v) is 2.09. The normalized spacial score (nSPS) is 16.6. The summed E-state index contributed by atoms with van der Waals surface area (Å²) in [6.07, 6.45) is 3.14. The highest BCUT2D eigenvalue weighted by Crippen LogP contribution is 2.34. The number of nitrogens with two attached hydrogens (primary N) is 1. The molecule has 1 aromatic heterocycles. The highest BCUT2D eigenvalue weighted by atomic mass is 35.5. The molecule has 1 amide bonds. The van der Waals surface area contributed by atoms with Gasteiger partial charge in [0.25, 0.3) is 0 Å². The number of carbonyl (C=O) groups is 1. The summed E-state index contributed by atoms with van der Waals surface area (Å²) < 4.78 is 0. The van der Waals surface area contributed by atoms with Crippen LogP contribution in [0.1, 0.15) is 12.8 Å². The molecule has 1 aromatic carbocycles. The lowest BCUT2D eigenvalue weighted by Crippen LogP contribution is -2.37. The Hall–Kier alpha value is -1.65. The summed E-state index contributed by atoms with van der Waals surface area (Å²) in [7, 11) is 0. The molecule has 3 N–H and O–H groups in total. The van der Waals surface area contributed by atoms with Crippen molar-refractivity contribution in [2.24, 2.45) is 5.73 Å². The van der Waals surface area contributed by atoms with Gasteiger partial charge in [0.1, 0.15) is 0 Å². The first-order valence-corrected chi connectivity index (χ1v) is 6.11. The molecule has 0 unspecified atom stereocenters. The van der Waals surface area contributed by atoms with Gasteiger partial charge in [-0.25, -0.2) is 0 Å². The molecule has 0 radical (unpaired) electrons. The Morgan fingerprint density at radius 3 is 2.94 bits per heavy atom. The van der Waals surface area contributed by atoms with E-state index in [0.717, 1.165) is 23.7 Å². The third-order valence-electron chi connectivity index (χ3n) is 3.16. The molecule has 4 nitrogen and oxygen atoms in total. The topological polar surface area (TPSA) is 68.0 Å². The van der Waals surface area contributed by atoms with Crippen LogP contribution >= 0.6 is 11.6 Å². The van der Waals surface area contributed by atoms with Crippen molar-refractivity contribution in [3.8, 4) is 0 Å². The van der Waals surface area contributed by atoms with E-state index in [1.165, 1.54) is 0 Å². The van der Waals surface area contributed by atoms with Crippen molar-refractivity contribution in [3.63, 3.8) is 0 Å². The van der Waals surface area contributed by atoms with Gasteiger partial charge in [0.2, 0.25) is 5.91 Å². The summed E-state index contributed by atoms with van der Waals surface area (Å²) in [5.74, 6) is -0.170. The van der Waals surface area contributed by atoms with Crippen molar-refractivity contribution in [1.29, 1.82) is 0 Å². The van der Waals surface area contributed by atoms with E-state index >= 15 is 0 Å². The van der Waals surface area contributed by atoms with E-state index in [2.05, 4.69) is 10.3 Å². The molecule has 3 rings (SSSR count). The second-order valence-electron chi connectivity index (χ2n) is 4.64. The number of rotatable bonds is 2. The van der Waals surface area contributed by atoms with E-state index in [4.69, 9.17) is 17.3 Å². The fourth-order valence-electron chi connectivity index (χ4n) is 1.86. The third-order valence-corrected chi connectivity index (χ3v) is 3.38. The van der Waals surface area contributed by atoms with Crippen LogP contribution in [0, 0.1) is 0 Å². The summed E-state index contributed by atoms with van der Waals surface area (Å²) in [5.41, 5.74) is 6.48. The van der Waals surface area contributed by atoms with Crippen molar-refractivity contribution in [2.45, 2.75) is 18.4 Å². The highest BCUT2D eigenvalue weighted by molar-refractivity contribution is 6.32. The number of hydrogen-bond acceptors (Lipinski definition) is 3. The van der Waals surface area contributed by atoms with Gasteiger partial charge in [-0.15, -0.1) is 0 Å². The average Bonchev–Trinajstić information content (AvgIpc) is 3.08. The van der Waals surface area contributed by atoms with E-state index in [0.29, 0.717) is 10.7 Å². The molecule has 1 heterocycles. The quantitative estimate of drug-likeness (QED) is 0.872. The van der Waals surface area contributed by atoms with Crippen LogP contribution in [-0.4, -0.2) is 16.4 Å². The summed E-state index contributed by atoms with van der Waals surface area (Å²) in [6, 6.07) is 7.24. The second kappa shape index (κ2) is 3.93. The third kappa shape index (κ3) is 1.94. The van der Waals surface area contributed by atoms with Gasteiger partial charge in [0, 0.05) is 16.6 Å². The number of anilines is 1. The van der Waals surface area contributed by atoms with E-state index in [1.807, 2.05) is 18.2 Å². The largest absolute Gasteiger partial charge is 0.323 e. The number of fused-ring (bicyclic) bond motifs is 1. The fraction of sp³-hybridized carbons (Fsp3) is 0.231. The smallest absolute Gasteiger partial charge is 0.244 e. The number of hydrogen-bond donors (Lipinski definition) is 2. The molecule has 0 bridgehead atoms. The molecule has 1 saturated carbocycles. The van der Waals surface area contributed by atoms with Crippen molar-refractivity contribution < 1.29 is 4.79 Å². The van der Waals surface area contributed by atoms with Crippen LogP contribution in [0.4, 0.5) is 5.69 Å². The van der Waals surface area contributed by atoms with Crippen LogP contribution < -0.4 is 11.1 Å². The number of halogens is 1. The molecular weight excluding hydrogens is 250 g/mol. The van der Waals surface area contributed by atoms with E-state index < -0.39 is 5.54 Å². The van der Waals surface area contributed by atoms with Gasteiger partial charge >= 0.3 is 0 Å². The van der Waals surface area contributed by atoms with Gasteiger partial charge in [-0.2, -0.15) is 0 Å². The maximum absolute atomic E-state index is 11.9. The summed E-state index contributed by atoms with van der Waals surface area (Å²) in [4.78, 5) is 16.2. The maximum atomic E-state index is 11.9. The van der Waals surface area contributed by atoms with Crippen molar-refractivity contribution in [3.05, 3.63) is 35.5 Å². The number of nitrogens with zero attached hydrogens (tertiary/aromatic N) is 1. The second-order valence-corrected chi connectivity index (χ2v) is 5.08. The number of carbonyl (C=O) groups excluding carboxylic acids is 1. The Morgan fingerprint density at radius 1 is 1.44 bits per heavy atom. The monoisotopic (exact) mass is 261 g/mol. The number of nitrogens with one attached hydrogen (secondary N) is 1. The predicted octanol–water partition coefficient (Wildman–Crippen LogP) is 2.32. The van der Waals surface area contributed by atoms with E-state index in [1.54, 1.807) is 12.3 Å². The number of amides is 1. The minimum atomic E-state index is -0.705. The van der Waals surface area contributed by atoms with Crippen molar-refractivity contribution in [1.82, 2.24) is 4.98 Å². The highest BCUT2D eigenvalue weighted by Gasteiger charge is 2.46. The maximum Gasteiger partial charge on any atom is 0.244 e. The van der Waals surface area contributed by atoms with Crippen molar-refractivity contribution >= 4 is 34.1 Å². The van der Waals surface area contributed by atoms with Crippen LogP contribution in [0.5, 0.6) is 0 Å². The number of pyridine rings is 1. The Labute approximate surface area is 109 Å². The van der Waals surface area contributed by atoms with Gasteiger partial charge in [0.05, 0.1) is 16.7 Å².